The number of hydrogen-bond acceptors (Lipinski definition) is 3. The summed E-state index contributed by atoms with van der Waals surface area (Å²) in [5.41, 5.74) is 0.565. The van der Waals surface area contributed by atoms with Crippen LogP contribution in [0.25, 0.3) is 0 Å². The molecule has 1 rings (SSSR count). The van der Waals surface area contributed by atoms with Gasteiger partial charge in [0.25, 0.3) is 5.91 Å². The van der Waals surface area contributed by atoms with Crippen LogP contribution in [0, 0.1) is 5.41 Å². The minimum Gasteiger partial charge on any atom is -0.396 e. The third-order valence-corrected chi connectivity index (χ3v) is 3.73. The number of aryl methyl sites for hydroxylation is 1. The fourth-order valence-electron chi connectivity index (χ4n) is 2.09. The van der Waals surface area contributed by atoms with Gasteiger partial charge in [0.1, 0.15) is 0 Å². The molecule has 1 aromatic rings. The van der Waals surface area contributed by atoms with Crippen LogP contribution in [0.5, 0.6) is 0 Å². The van der Waals surface area contributed by atoms with Crippen LogP contribution >= 0.6 is 0 Å². The molecule has 1 amide bonds. The highest BCUT2D eigenvalue weighted by Gasteiger charge is 2.26. The Hall–Kier alpha value is -1.36. The summed E-state index contributed by atoms with van der Waals surface area (Å²) >= 11 is 0. The normalized spacial score (nSPS) is 11.6. The second-order valence-corrected chi connectivity index (χ2v) is 4.77. The van der Waals surface area contributed by atoms with Gasteiger partial charge < -0.3 is 10.4 Å². The molecule has 0 atom stereocenters. The maximum Gasteiger partial charge on any atom is 0.254 e. The zero-order valence-electron chi connectivity index (χ0n) is 11.4. The first-order valence-electron chi connectivity index (χ1n) is 6.44. The number of aliphatic hydroxyl groups excluding tert-OH is 1. The molecule has 18 heavy (non-hydrogen) atoms. The molecule has 5 nitrogen and oxygen atoms in total. The maximum absolute atomic E-state index is 11.9. The Morgan fingerprint density at radius 2 is 2.17 bits per heavy atom. The van der Waals surface area contributed by atoms with Crippen molar-refractivity contribution >= 4 is 5.91 Å². The molecule has 0 radical (unpaired) electrons. The van der Waals surface area contributed by atoms with E-state index in [9.17, 15) is 4.79 Å². The summed E-state index contributed by atoms with van der Waals surface area (Å²) in [6.45, 7) is 4.93. The van der Waals surface area contributed by atoms with E-state index in [0.717, 1.165) is 12.8 Å². The van der Waals surface area contributed by atoms with Crippen molar-refractivity contribution in [1.29, 1.82) is 0 Å². The fourth-order valence-corrected chi connectivity index (χ4v) is 2.09. The molecule has 1 heterocycles. The molecule has 0 bridgehead atoms. The van der Waals surface area contributed by atoms with Gasteiger partial charge in [-0.2, -0.15) is 5.10 Å². The van der Waals surface area contributed by atoms with E-state index in [4.69, 9.17) is 5.11 Å². The van der Waals surface area contributed by atoms with Crippen molar-refractivity contribution in [3.63, 3.8) is 0 Å². The molecule has 1 aromatic heterocycles. The largest absolute Gasteiger partial charge is 0.396 e. The van der Waals surface area contributed by atoms with E-state index in [1.807, 2.05) is 0 Å². The lowest BCUT2D eigenvalue weighted by molar-refractivity contribution is 0.0907. The Morgan fingerprint density at radius 3 is 2.61 bits per heavy atom. The molecule has 0 fully saturated rings. The number of aliphatic hydroxyl groups is 1. The number of nitrogens with one attached hydrogen (secondary N) is 1. The SMILES string of the molecule is CCC(CC)(CCO)CNC(=O)c1cnn(C)c1. The summed E-state index contributed by atoms with van der Waals surface area (Å²) in [6, 6.07) is 0. The average molecular weight is 253 g/mol. The van der Waals surface area contributed by atoms with Crippen LogP contribution in [-0.2, 0) is 7.05 Å². The van der Waals surface area contributed by atoms with Crippen molar-refractivity contribution in [1.82, 2.24) is 15.1 Å². The first kappa shape index (κ1) is 14.7. The summed E-state index contributed by atoms with van der Waals surface area (Å²) in [6.07, 6.45) is 5.85. The monoisotopic (exact) mass is 253 g/mol. The second-order valence-electron chi connectivity index (χ2n) is 4.77. The molecule has 0 aromatic carbocycles. The minimum atomic E-state index is -0.104. The summed E-state index contributed by atoms with van der Waals surface area (Å²) < 4.78 is 1.61. The van der Waals surface area contributed by atoms with Crippen molar-refractivity contribution in [3.8, 4) is 0 Å². The molecule has 0 aliphatic carbocycles. The number of nitrogens with zero attached hydrogens (tertiary/aromatic N) is 2. The summed E-state index contributed by atoms with van der Waals surface area (Å²) in [5, 5.41) is 16.0. The van der Waals surface area contributed by atoms with E-state index in [1.165, 1.54) is 0 Å². The van der Waals surface area contributed by atoms with Gasteiger partial charge in [-0.05, 0) is 24.7 Å². The predicted molar refractivity (Wildman–Crippen MR) is 70.3 cm³/mol. The van der Waals surface area contributed by atoms with E-state index in [2.05, 4.69) is 24.3 Å². The molecule has 0 saturated heterocycles. The molecule has 0 aliphatic rings. The van der Waals surface area contributed by atoms with Gasteiger partial charge in [0.2, 0.25) is 0 Å². The molecule has 0 unspecified atom stereocenters. The third kappa shape index (κ3) is 3.57. The molecule has 102 valence electrons. The predicted octanol–water partition coefficient (Wildman–Crippen LogP) is 1.34. The molecular weight excluding hydrogens is 230 g/mol. The van der Waals surface area contributed by atoms with Crippen LogP contribution in [0.2, 0.25) is 0 Å². The first-order valence-corrected chi connectivity index (χ1v) is 6.44. The van der Waals surface area contributed by atoms with Crippen LogP contribution in [0.3, 0.4) is 0 Å². The highest BCUT2D eigenvalue weighted by Crippen LogP contribution is 2.29. The van der Waals surface area contributed by atoms with Gasteiger partial charge in [-0.15, -0.1) is 0 Å². The van der Waals surface area contributed by atoms with Gasteiger partial charge in [0, 0.05) is 26.4 Å². The Bertz CT molecular complexity index is 383. The van der Waals surface area contributed by atoms with Crippen molar-refractivity contribution in [2.24, 2.45) is 12.5 Å². The third-order valence-electron chi connectivity index (χ3n) is 3.73. The standard InChI is InChI=1S/C13H23N3O2/c1-4-13(5-2,6-7-17)10-14-12(18)11-8-15-16(3)9-11/h8-9,17H,4-7,10H2,1-3H3,(H,14,18). The van der Waals surface area contributed by atoms with E-state index in [-0.39, 0.29) is 17.9 Å². The minimum absolute atomic E-state index is 0.00732. The summed E-state index contributed by atoms with van der Waals surface area (Å²) in [7, 11) is 1.78. The molecule has 0 aliphatic heterocycles. The lowest BCUT2D eigenvalue weighted by Crippen LogP contribution is -2.37. The van der Waals surface area contributed by atoms with Gasteiger partial charge in [0.15, 0.2) is 0 Å². The summed E-state index contributed by atoms with van der Waals surface area (Å²) in [5.74, 6) is -0.104. The van der Waals surface area contributed by atoms with Gasteiger partial charge in [-0.1, -0.05) is 13.8 Å². The Labute approximate surface area is 108 Å². The topological polar surface area (TPSA) is 67.2 Å². The van der Waals surface area contributed by atoms with Crippen molar-refractivity contribution in [2.45, 2.75) is 33.1 Å². The Kier molecular flexibility index (Phi) is 5.34. The first-order chi connectivity index (χ1) is 8.56. The van der Waals surface area contributed by atoms with E-state index >= 15 is 0 Å². The van der Waals surface area contributed by atoms with Crippen LogP contribution in [0.15, 0.2) is 12.4 Å². The fraction of sp³-hybridized carbons (Fsp3) is 0.692. The number of rotatable bonds is 7. The quantitative estimate of drug-likeness (QED) is 0.770. The zero-order chi connectivity index (χ0) is 13.6. The Morgan fingerprint density at radius 1 is 1.50 bits per heavy atom. The van der Waals surface area contributed by atoms with Crippen molar-refractivity contribution in [2.75, 3.05) is 13.2 Å². The number of aromatic nitrogens is 2. The molecule has 2 N–H and O–H groups in total. The van der Waals surface area contributed by atoms with Gasteiger partial charge >= 0.3 is 0 Å². The summed E-state index contributed by atoms with van der Waals surface area (Å²) in [4.78, 5) is 11.9. The molecular formula is C13H23N3O2. The molecule has 0 spiro atoms. The smallest absolute Gasteiger partial charge is 0.254 e. The number of hydrogen-bond donors (Lipinski definition) is 2. The molecule has 0 saturated carbocycles. The van der Waals surface area contributed by atoms with Crippen LogP contribution in [0.4, 0.5) is 0 Å². The Balaban J connectivity index is 2.59. The molecule has 5 heteroatoms. The van der Waals surface area contributed by atoms with Crippen molar-refractivity contribution < 1.29 is 9.90 Å². The number of carbonyl (C=O) groups excluding carboxylic acids is 1. The number of carbonyl (C=O) groups is 1. The van der Waals surface area contributed by atoms with Gasteiger partial charge in [-0.25, -0.2) is 0 Å². The lowest BCUT2D eigenvalue weighted by atomic mass is 9.79. The number of amides is 1. The lowest BCUT2D eigenvalue weighted by Gasteiger charge is -2.31. The highest BCUT2D eigenvalue weighted by atomic mass is 16.3. The van der Waals surface area contributed by atoms with E-state index < -0.39 is 0 Å². The maximum atomic E-state index is 11.9. The van der Waals surface area contributed by atoms with Gasteiger partial charge in [-0.3, -0.25) is 9.48 Å². The van der Waals surface area contributed by atoms with E-state index in [1.54, 1.807) is 24.1 Å². The van der Waals surface area contributed by atoms with Crippen LogP contribution < -0.4 is 5.32 Å². The van der Waals surface area contributed by atoms with Crippen molar-refractivity contribution in [3.05, 3.63) is 18.0 Å². The highest BCUT2D eigenvalue weighted by molar-refractivity contribution is 5.93. The van der Waals surface area contributed by atoms with Crippen LogP contribution in [0.1, 0.15) is 43.5 Å². The second kappa shape index (κ2) is 6.54. The zero-order valence-corrected chi connectivity index (χ0v) is 11.4. The van der Waals surface area contributed by atoms with Crippen LogP contribution in [-0.4, -0.2) is 33.9 Å². The van der Waals surface area contributed by atoms with E-state index in [0.29, 0.717) is 18.5 Å². The van der Waals surface area contributed by atoms with Gasteiger partial charge in [0.05, 0.1) is 11.8 Å². The average Bonchev–Trinajstić information content (AvgIpc) is 2.81.